The number of nitro groups is 1. The van der Waals surface area contributed by atoms with Gasteiger partial charge in [0.15, 0.2) is 0 Å². The van der Waals surface area contributed by atoms with Gasteiger partial charge < -0.3 is 0 Å². The summed E-state index contributed by atoms with van der Waals surface area (Å²) in [5.41, 5.74) is -0.0351. The van der Waals surface area contributed by atoms with Crippen LogP contribution in [0.4, 0.5) is 0 Å². The van der Waals surface area contributed by atoms with Crippen LogP contribution in [0.25, 0.3) is 0 Å². The molecule has 0 fully saturated rings. The van der Waals surface area contributed by atoms with E-state index < -0.39 is 4.92 Å². The van der Waals surface area contributed by atoms with Crippen LogP contribution < -0.4 is 0 Å². The lowest BCUT2D eigenvalue weighted by molar-refractivity contribution is -0.428. The Morgan fingerprint density at radius 1 is 1.73 bits per heavy atom. The van der Waals surface area contributed by atoms with E-state index in [0.29, 0.717) is 0 Å². The van der Waals surface area contributed by atoms with Crippen LogP contribution >= 0.6 is 0 Å². The molecule has 1 rings (SSSR count). The fourth-order valence-electron chi connectivity index (χ4n) is 0.700. The van der Waals surface area contributed by atoms with Gasteiger partial charge >= 0.3 is 0 Å². The third-order valence-corrected chi connectivity index (χ3v) is 1.21. The Bertz CT molecular complexity index is 245. The molecule has 0 radical (unpaired) electrons. The molecule has 0 atom stereocenters. The number of allylic oxidation sites excluding steroid dienone is 2. The van der Waals surface area contributed by atoms with Gasteiger partial charge in [-0.05, 0) is 6.08 Å². The van der Waals surface area contributed by atoms with Gasteiger partial charge in [-0.25, -0.2) is 5.01 Å². The molecule has 0 aromatic carbocycles. The van der Waals surface area contributed by atoms with E-state index in [1.165, 1.54) is 18.4 Å². The fraction of sp³-hybridized carbons (Fsp3) is 0.200. The summed E-state index contributed by atoms with van der Waals surface area (Å²) in [7, 11) is 0. The number of hydrogen-bond donors (Lipinski definition) is 0. The Balaban J connectivity index is 2.72. The van der Waals surface area contributed by atoms with Crippen LogP contribution in [0.15, 0.2) is 29.3 Å². The zero-order chi connectivity index (χ0) is 8.27. The molecule has 1 heterocycles. The second kappa shape index (κ2) is 2.91. The molecule has 0 aromatic heterocycles. The van der Waals surface area contributed by atoms with Crippen molar-refractivity contribution in [2.24, 2.45) is 5.29 Å². The second-order valence-corrected chi connectivity index (χ2v) is 1.94. The Hall–Kier alpha value is -1.72. The molecular weight excluding hydrogens is 150 g/mol. The summed E-state index contributed by atoms with van der Waals surface area (Å²) >= 11 is 0. The van der Waals surface area contributed by atoms with Gasteiger partial charge in [-0.2, -0.15) is 0 Å². The normalized spacial score (nSPS) is 16.0. The summed E-state index contributed by atoms with van der Waals surface area (Å²) in [6.45, 7) is -0.0625. The van der Waals surface area contributed by atoms with E-state index in [-0.39, 0.29) is 12.2 Å². The highest BCUT2D eigenvalue weighted by atomic mass is 16.6. The van der Waals surface area contributed by atoms with Gasteiger partial charge in [0.2, 0.25) is 0 Å². The predicted octanol–water partition coefficient (Wildman–Crippen LogP) is 0.658. The smallest absolute Gasteiger partial charge is 0.259 e. The highest BCUT2D eigenvalue weighted by Gasteiger charge is 2.16. The topological polar surface area (TPSA) is 75.8 Å². The molecule has 0 amide bonds. The Labute approximate surface area is 61.9 Å². The summed E-state index contributed by atoms with van der Waals surface area (Å²) in [5, 5.41) is 13.6. The first-order valence-corrected chi connectivity index (χ1v) is 2.85. The average Bonchev–Trinajstić information content (AvgIpc) is 2.05. The molecule has 0 spiro atoms. The number of hydrogen-bond acceptors (Lipinski definition) is 4. The monoisotopic (exact) mass is 155 g/mol. The largest absolute Gasteiger partial charge is 0.267 e. The second-order valence-electron chi connectivity index (χ2n) is 1.94. The summed E-state index contributed by atoms with van der Waals surface area (Å²) < 4.78 is 0. The van der Waals surface area contributed by atoms with Crippen LogP contribution in [0, 0.1) is 15.0 Å². The van der Waals surface area contributed by atoms with E-state index in [2.05, 4.69) is 5.29 Å². The van der Waals surface area contributed by atoms with E-state index in [4.69, 9.17) is 0 Å². The molecular formula is C5H5N3O3. The lowest BCUT2D eigenvalue weighted by Crippen LogP contribution is -2.19. The van der Waals surface area contributed by atoms with Crippen molar-refractivity contribution in [2.45, 2.75) is 0 Å². The molecule has 6 nitrogen and oxygen atoms in total. The number of nitroso groups, excluding NO2 is 1. The highest BCUT2D eigenvalue weighted by Crippen LogP contribution is 2.07. The van der Waals surface area contributed by atoms with Gasteiger partial charge in [0.1, 0.15) is 6.54 Å². The standard InChI is InChI=1S/C5H5N3O3/c9-6-7-3-1-2-5(4-7)8(10)11/h1-3H,4H2. The van der Waals surface area contributed by atoms with E-state index >= 15 is 0 Å². The minimum atomic E-state index is -0.540. The maximum atomic E-state index is 10.1. The summed E-state index contributed by atoms with van der Waals surface area (Å²) in [5.74, 6) is 0. The average molecular weight is 155 g/mol. The van der Waals surface area contributed by atoms with Crippen LogP contribution in [0.1, 0.15) is 0 Å². The molecule has 0 aromatic rings. The van der Waals surface area contributed by atoms with E-state index in [1.54, 1.807) is 0 Å². The van der Waals surface area contributed by atoms with Gasteiger partial charge in [-0.3, -0.25) is 10.1 Å². The molecule has 1 aliphatic heterocycles. The van der Waals surface area contributed by atoms with Crippen LogP contribution in [0.2, 0.25) is 0 Å². The van der Waals surface area contributed by atoms with Gasteiger partial charge in [-0.1, -0.05) is 0 Å². The van der Waals surface area contributed by atoms with Crippen LogP contribution in [0.3, 0.4) is 0 Å². The van der Waals surface area contributed by atoms with Crippen molar-refractivity contribution in [3.8, 4) is 0 Å². The van der Waals surface area contributed by atoms with E-state index in [9.17, 15) is 15.0 Å². The first kappa shape index (κ1) is 7.39. The quantitative estimate of drug-likeness (QED) is 0.333. The lowest BCUT2D eigenvalue weighted by atomic mass is 10.3. The molecule has 58 valence electrons. The Morgan fingerprint density at radius 2 is 2.45 bits per heavy atom. The third kappa shape index (κ3) is 1.60. The number of nitrogens with zero attached hydrogens (tertiary/aromatic N) is 3. The van der Waals surface area contributed by atoms with Crippen LogP contribution in [-0.4, -0.2) is 16.5 Å². The first-order chi connectivity index (χ1) is 5.24. The molecule has 0 saturated carbocycles. The van der Waals surface area contributed by atoms with Crippen molar-refractivity contribution in [3.05, 3.63) is 39.1 Å². The molecule has 6 heteroatoms. The molecule has 0 saturated heterocycles. The molecule has 0 bridgehead atoms. The zero-order valence-corrected chi connectivity index (χ0v) is 5.51. The predicted molar refractivity (Wildman–Crippen MR) is 36.7 cm³/mol. The molecule has 0 N–H and O–H groups in total. The van der Waals surface area contributed by atoms with Crippen molar-refractivity contribution in [1.29, 1.82) is 0 Å². The van der Waals surface area contributed by atoms with Gasteiger partial charge in [0.25, 0.3) is 5.70 Å². The fourth-order valence-corrected chi connectivity index (χ4v) is 0.700. The summed E-state index contributed by atoms with van der Waals surface area (Å²) in [6, 6.07) is 0. The zero-order valence-electron chi connectivity index (χ0n) is 5.51. The van der Waals surface area contributed by atoms with Gasteiger partial charge in [-0.15, -0.1) is 4.91 Å². The van der Waals surface area contributed by atoms with Crippen LogP contribution in [-0.2, 0) is 0 Å². The van der Waals surface area contributed by atoms with Crippen molar-refractivity contribution in [2.75, 3.05) is 6.54 Å². The van der Waals surface area contributed by atoms with Crippen molar-refractivity contribution in [3.63, 3.8) is 0 Å². The molecule has 1 aliphatic rings. The van der Waals surface area contributed by atoms with Crippen molar-refractivity contribution < 1.29 is 4.92 Å². The Kier molecular flexibility index (Phi) is 1.95. The maximum absolute atomic E-state index is 10.1. The lowest BCUT2D eigenvalue weighted by Gasteiger charge is -2.09. The van der Waals surface area contributed by atoms with Gasteiger partial charge in [0, 0.05) is 12.3 Å². The SMILES string of the molecule is O=NN1C=CC=C([N+](=O)[O-])C1. The van der Waals surface area contributed by atoms with Gasteiger partial charge in [0.05, 0.1) is 10.2 Å². The van der Waals surface area contributed by atoms with E-state index in [1.807, 2.05) is 0 Å². The first-order valence-electron chi connectivity index (χ1n) is 2.85. The minimum absolute atomic E-state index is 0.0351. The minimum Gasteiger partial charge on any atom is -0.259 e. The highest BCUT2D eigenvalue weighted by molar-refractivity contribution is 5.12. The molecule has 11 heavy (non-hydrogen) atoms. The Morgan fingerprint density at radius 3 is 3.00 bits per heavy atom. The molecule has 0 unspecified atom stereocenters. The van der Waals surface area contributed by atoms with Crippen molar-refractivity contribution >= 4 is 0 Å². The van der Waals surface area contributed by atoms with E-state index in [0.717, 1.165) is 5.01 Å². The van der Waals surface area contributed by atoms with Crippen LogP contribution in [0.5, 0.6) is 0 Å². The number of rotatable bonds is 2. The summed E-state index contributed by atoms with van der Waals surface area (Å²) in [4.78, 5) is 19.5. The van der Waals surface area contributed by atoms with Crippen molar-refractivity contribution in [1.82, 2.24) is 5.01 Å². The molecule has 0 aliphatic carbocycles. The maximum Gasteiger partial charge on any atom is 0.267 e. The third-order valence-electron chi connectivity index (χ3n) is 1.21. The summed E-state index contributed by atoms with van der Waals surface area (Å²) in [6.07, 6.45) is 4.12.